The van der Waals surface area contributed by atoms with Gasteiger partial charge in [0.2, 0.25) is 0 Å². The van der Waals surface area contributed by atoms with Gasteiger partial charge in [-0.1, -0.05) is 38.4 Å². The lowest BCUT2D eigenvalue weighted by Gasteiger charge is -2.24. The van der Waals surface area contributed by atoms with Crippen molar-refractivity contribution in [2.45, 2.75) is 39.7 Å². The molecule has 0 radical (unpaired) electrons. The number of ketones is 1. The molecule has 0 aliphatic carbocycles. The molecule has 1 heterocycles. The maximum absolute atomic E-state index is 12.6. The van der Waals surface area contributed by atoms with Crippen molar-refractivity contribution in [1.82, 2.24) is 14.8 Å². The van der Waals surface area contributed by atoms with Crippen molar-refractivity contribution in [2.75, 3.05) is 6.61 Å². The van der Waals surface area contributed by atoms with Gasteiger partial charge in [-0.3, -0.25) is 4.79 Å². The number of aromatic nitrogens is 3. The van der Waals surface area contributed by atoms with Gasteiger partial charge in [0.15, 0.2) is 5.78 Å². The molecule has 0 saturated heterocycles. The fraction of sp³-hybridized carbons (Fsp3) is 0.471. The third kappa shape index (κ3) is 5.06. The summed E-state index contributed by atoms with van der Waals surface area (Å²) in [6, 6.07) is 6.97. The molecule has 124 valence electrons. The second-order valence-electron chi connectivity index (χ2n) is 6.45. The molecule has 0 spiro atoms. The van der Waals surface area contributed by atoms with E-state index in [9.17, 15) is 4.79 Å². The average Bonchev–Trinajstić information content (AvgIpc) is 3.00. The van der Waals surface area contributed by atoms with Gasteiger partial charge in [0.05, 0.1) is 6.61 Å². The van der Waals surface area contributed by atoms with Gasteiger partial charge in [-0.15, -0.1) is 0 Å². The van der Waals surface area contributed by atoms with Crippen molar-refractivity contribution in [3.8, 4) is 5.75 Å². The highest BCUT2D eigenvalue weighted by Crippen LogP contribution is 2.26. The van der Waals surface area contributed by atoms with E-state index in [4.69, 9.17) is 16.3 Å². The highest BCUT2D eigenvalue weighted by atomic mass is 35.5. The largest absolute Gasteiger partial charge is 0.494 e. The van der Waals surface area contributed by atoms with Crippen molar-refractivity contribution in [2.24, 2.45) is 5.41 Å². The predicted molar refractivity (Wildman–Crippen MR) is 89.7 cm³/mol. The minimum Gasteiger partial charge on any atom is -0.494 e. The van der Waals surface area contributed by atoms with Gasteiger partial charge >= 0.3 is 0 Å². The third-order valence-corrected chi connectivity index (χ3v) is 3.72. The van der Waals surface area contributed by atoms with E-state index in [2.05, 4.69) is 10.1 Å². The fourth-order valence-electron chi connectivity index (χ4n) is 2.29. The molecule has 6 heteroatoms. The van der Waals surface area contributed by atoms with E-state index in [1.165, 1.54) is 6.33 Å². The Balaban J connectivity index is 1.93. The summed E-state index contributed by atoms with van der Waals surface area (Å²) in [4.78, 5) is 16.6. The van der Waals surface area contributed by atoms with Crippen LogP contribution < -0.4 is 4.74 Å². The summed E-state index contributed by atoms with van der Waals surface area (Å²) >= 11 is 5.92. The molecule has 2 aromatic rings. The third-order valence-electron chi connectivity index (χ3n) is 3.48. The van der Waals surface area contributed by atoms with Crippen LogP contribution in [-0.2, 0) is 4.79 Å². The first-order valence-corrected chi connectivity index (χ1v) is 8.02. The number of ether oxygens (including phenoxy) is 1. The van der Waals surface area contributed by atoms with Crippen LogP contribution in [0.5, 0.6) is 5.75 Å². The van der Waals surface area contributed by atoms with Gasteiger partial charge < -0.3 is 4.74 Å². The Morgan fingerprint density at radius 2 is 2.17 bits per heavy atom. The second-order valence-corrected chi connectivity index (χ2v) is 6.89. The van der Waals surface area contributed by atoms with Gasteiger partial charge in [-0.05, 0) is 31.0 Å². The number of hydrogen-bond donors (Lipinski definition) is 0. The topological polar surface area (TPSA) is 57.0 Å². The first-order chi connectivity index (χ1) is 10.9. The number of Topliss-reactive ketones (excluding diaryl/α,β-unsaturated/α-hetero) is 1. The van der Waals surface area contributed by atoms with E-state index in [1.54, 1.807) is 23.1 Å². The van der Waals surface area contributed by atoms with Gasteiger partial charge in [-0.25, -0.2) is 9.67 Å². The Hall–Kier alpha value is -1.88. The normalized spacial score (nSPS) is 12.9. The van der Waals surface area contributed by atoms with Crippen molar-refractivity contribution >= 4 is 17.4 Å². The Kier molecular flexibility index (Phi) is 5.77. The summed E-state index contributed by atoms with van der Waals surface area (Å²) in [6.45, 7) is 6.27. The lowest BCUT2D eigenvalue weighted by atomic mass is 9.85. The van der Waals surface area contributed by atoms with Crippen LogP contribution in [0.1, 0.15) is 39.7 Å². The van der Waals surface area contributed by atoms with Crippen molar-refractivity contribution in [3.63, 3.8) is 0 Å². The van der Waals surface area contributed by atoms with Crippen LogP contribution >= 0.6 is 11.6 Å². The first-order valence-electron chi connectivity index (χ1n) is 7.65. The Morgan fingerprint density at radius 3 is 2.78 bits per heavy atom. The molecule has 0 aliphatic heterocycles. The van der Waals surface area contributed by atoms with E-state index in [1.807, 2.05) is 32.9 Å². The average molecular weight is 336 g/mol. The van der Waals surface area contributed by atoms with E-state index in [0.29, 0.717) is 18.1 Å². The van der Waals surface area contributed by atoms with Crippen molar-refractivity contribution < 1.29 is 9.53 Å². The van der Waals surface area contributed by atoms with Gasteiger partial charge in [0, 0.05) is 10.4 Å². The quantitative estimate of drug-likeness (QED) is 0.719. The van der Waals surface area contributed by atoms with Crippen LogP contribution in [0, 0.1) is 5.41 Å². The predicted octanol–water partition coefficient (Wildman–Crippen LogP) is 3.95. The lowest BCUT2D eigenvalue weighted by molar-refractivity contribution is -0.130. The number of rotatable bonds is 7. The van der Waals surface area contributed by atoms with E-state index in [0.717, 1.165) is 12.2 Å². The molecule has 0 amide bonds. The molecule has 1 unspecified atom stereocenters. The zero-order valence-electron chi connectivity index (χ0n) is 13.7. The molecule has 0 N–H and O–H groups in total. The number of benzene rings is 1. The molecule has 1 atom stereocenters. The minimum absolute atomic E-state index is 0.144. The van der Waals surface area contributed by atoms with Gasteiger partial charge in [-0.2, -0.15) is 5.10 Å². The lowest BCUT2D eigenvalue weighted by Crippen LogP contribution is -2.31. The molecule has 0 saturated carbocycles. The summed E-state index contributed by atoms with van der Waals surface area (Å²) in [6.07, 6.45) is 4.43. The molecular weight excluding hydrogens is 314 g/mol. The SMILES string of the molecule is CC(C)(C)C(=O)C(CCCOc1cccc(Cl)c1)n1cncn1. The molecule has 1 aromatic heterocycles. The van der Waals surface area contributed by atoms with Crippen LogP contribution in [0.25, 0.3) is 0 Å². The van der Waals surface area contributed by atoms with Gasteiger partial charge in [0.25, 0.3) is 0 Å². The number of halogens is 1. The van der Waals surface area contributed by atoms with Crippen LogP contribution in [-0.4, -0.2) is 27.2 Å². The highest BCUT2D eigenvalue weighted by molar-refractivity contribution is 6.30. The minimum atomic E-state index is -0.426. The smallest absolute Gasteiger partial charge is 0.162 e. The zero-order chi connectivity index (χ0) is 16.9. The summed E-state index contributed by atoms with van der Waals surface area (Å²) < 4.78 is 7.31. The van der Waals surface area contributed by atoms with E-state index >= 15 is 0 Å². The fourth-order valence-corrected chi connectivity index (χ4v) is 2.47. The number of carbonyl (C=O) groups is 1. The standard InChI is InChI=1S/C17H22ClN3O2/c1-17(2,3)16(22)15(21-12-19-11-20-21)8-5-9-23-14-7-4-6-13(18)10-14/h4,6-7,10-12,15H,5,8-9H2,1-3H3. The Labute approximate surface area is 141 Å². The zero-order valence-corrected chi connectivity index (χ0v) is 14.5. The molecule has 5 nitrogen and oxygen atoms in total. The molecular formula is C17H22ClN3O2. The number of hydrogen-bond acceptors (Lipinski definition) is 4. The van der Waals surface area contributed by atoms with Crippen LogP contribution in [0.2, 0.25) is 5.02 Å². The number of carbonyl (C=O) groups excluding carboxylic acids is 1. The maximum Gasteiger partial charge on any atom is 0.162 e. The summed E-state index contributed by atoms with van der Waals surface area (Å²) in [5.41, 5.74) is -0.426. The molecule has 23 heavy (non-hydrogen) atoms. The molecule has 0 bridgehead atoms. The van der Waals surface area contributed by atoms with Crippen LogP contribution in [0.3, 0.4) is 0 Å². The second kappa shape index (κ2) is 7.59. The summed E-state index contributed by atoms with van der Waals surface area (Å²) in [7, 11) is 0. The van der Waals surface area contributed by atoms with Crippen LogP contribution in [0.4, 0.5) is 0 Å². The molecule has 1 aromatic carbocycles. The Morgan fingerprint density at radius 1 is 1.39 bits per heavy atom. The summed E-state index contributed by atoms with van der Waals surface area (Å²) in [5.74, 6) is 0.878. The molecule has 0 fully saturated rings. The van der Waals surface area contributed by atoms with E-state index in [-0.39, 0.29) is 11.8 Å². The maximum atomic E-state index is 12.6. The molecule has 0 aliphatic rings. The monoisotopic (exact) mass is 335 g/mol. The Bertz CT molecular complexity index is 636. The van der Waals surface area contributed by atoms with Crippen LogP contribution in [0.15, 0.2) is 36.9 Å². The highest BCUT2D eigenvalue weighted by Gasteiger charge is 2.31. The van der Waals surface area contributed by atoms with Crippen molar-refractivity contribution in [1.29, 1.82) is 0 Å². The number of nitrogens with zero attached hydrogens (tertiary/aromatic N) is 3. The van der Waals surface area contributed by atoms with Gasteiger partial charge in [0.1, 0.15) is 24.4 Å². The first kappa shape index (κ1) is 17.5. The van der Waals surface area contributed by atoms with E-state index < -0.39 is 5.41 Å². The van der Waals surface area contributed by atoms with Crippen molar-refractivity contribution in [3.05, 3.63) is 41.9 Å². The molecule has 2 rings (SSSR count). The summed E-state index contributed by atoms with van der Waals surface area (Å²) in [5, 5.41) is 4.77.